The van der Waals surface area contributed by atoms with Crippen molar-refractivity contribution in [3.05, 3.63) is 44.2 Å². The second-order valence-electron chi connectivity index (χ2n) is 3.61. The zero-order chi connectivity index (χ0) is 15.9. The predicted octanol–water partition coefficient (Wildman–Crippen LogP) is -1.17. The van der Waals surface area contributed by atoms with E-state index < -0.39 is 45.9 Å². The molecule has 0 heterocycles. The number of nitro groups is 2. The quantitative estimate of drug-likeness (QED) is 0.360. The molecule has 0 aromatic carbocycles. The van der Waals surface area contributed by atoms with Gasteiger partial charge < -0.3 is 0 Å². The van der Waals surface area contributed by atoms with Crippen LogP contribution in [-0.2, 0) is 20.2 Å². The van der Waals surface area contributed by atoms with E-state index in [1.54, 1.807) is 0 Å². The summed E-state index contributed by atoms with van der Waals surface area (Å²) in [6.07, 6.45) is 0.552. The van der Waals surface area contributed by atoms with E-state index in [1.807, 2.05) is 0 Å². The topological polar surface area (TPSA) is 195 Å². The summed E-state index contributed by atoms with van der Waals surface area (Å²) in [6, 6.07) is 0. The second-order valence-corrected chi connectivity index (χ2v) is 6.75. The van der Waals surface area contributed by atoms with Crippen molar-refractivity contribution in [1.82, 2.24) is 0 Å². The molecule has 1 rings (SSSR count). The van der Waals surface area contributed by atoms with Gasteiger partial charge in [-0.05, 0) is 6.08 Å². The summed E-state index contributed by atoms with van der Waals surface area (Å²) in [5, 5.41) is 18.7. The monoisotopic (exact) mass is 330 g/mol. The van der Waals surface area contributed by atoms with Gasteiger partial charge in [0.1, 0.15) is 0 Å². The van der Waals surface area contributed by atoms with Gasteiger partial charge in [-0.25, -0.2) is 0 Å². The van der Waals surface area contributed by atoms with Crippen LogP contribution in [-0.4, -0.2) is 45.9 Å². The number of hydrogen-bond acceptors (Lipinski definition) is 8. The molecule has 112 valence electrons. The van der Waals surface area contributed by atoms with E-state index in [-0.39, 0.29) is 12.2 Å². The first-order chi connectivity index (χ1) is 8.84. The number of rotatable bonds is 4. The highest BCUT2D eigenvalue weighted by Gasteiger charge is 2.66. The van der Waals surface area contributed by atoms with E-state index in [0.29, 0.717) is 6.08 Å². The molecule has 0 saturated carbocycles. The Balaban J connectivity index is 3.82. The molecule has 0 radical (unpaired) electrons. The molecule has 2 unspecified atom stereocenters. The summed E-state index contributed by atoms with van der Waals surface area (Å²) < 4.78 is 62.3. The molecule has 0 spiro atoms. The highest BCUT2D eigenvalue weighted by molar-refractivity contribution is 7.91. The average Bonchev–Trinajstić information content (AvgIpc) is 2.24. The molecular weight excluding hydrogens is 324 g/mol. The molecule has 2 N–H and O–H groups in total. The van der Waals surface area contributed by atoms with Crippen molar-refractivity contribution in [2.24, 2.45) is 0 Å². The van der Waals surface area contributed by atoms with Gasteiger partial charge in [-0.3, -0.25) is 29.3 Å². The lowest BCUT2D eigenvalue weighted by Gasteiger charge is -2.25. The SMILES string of the molecule is O=[N+]([O-])C1=CC([N+](=O)[O-])(S(=O)(=O)O)C(S(=O)(=O)O)C=C1. The Morgan fingerprint density at radius 3 is 1.95 bits per heavy atom. The van der Waals surface area contributed by atoms with E-state index in [2.05, 4.69) is 0 Å². The Bertz CT molecular complexity index is 732. The Morgan fingerprint density at radius 1 is 1.15 bits per heavy atom. The minimum atomic E-state index is -5.76. The van der Waals surface area contributed by atoms with Gasteiger partial charge in [-0.1, -0.05) is 0 Å². The maximum atomic E-state index is 11.2. The molecule has 0 aliphatic heterocycles. The molecule has 0 aromatic heterocycles. The Morgan fingerprint density at radius 2 is 1.65 bits per heavy atom. The molecule has 0 fully saturated rings. The van der Waals surface area contributed by atoms with Crippen molar-refractivity contribution >= 4 is 20.2 Å². The van der Waals surface area contributed by atoms with Gasteiger partial charge in [-0.2, -0.15) is 16.8 Å². The maximum absolute atomic E-state index is 11.2. The molecule has 0 aromatic rings. The lowest BCUT2D eigenvalue weighted by molar-refractivity contribution is -0.528. The average molecular weight is 330 g/mol. The molecule has 2 atom stereocenters. The predicted molar refractivity (Wildman–Crippen MR) is 60.8 cm³/mol. The van der Waals surface area contributed by atoms with Crippen LogP contribution < -0.4 is 0 Å². The Kier molecular flexibility index (Phi) is 3.70. The molecule has 20 heavy (non-hydrogen) atoms. The summed E-state index contributed by atoms with van der Waals surface area (Å²) in [5.41, 5.74) is -1.13. The molecule has 0 saturated heterocycles. The van der Waals surface area contributed by atoms with Crippen LogP contribution in [0.5, 0.6) is 0 Å². The van der Waals surface area contributed by atoms with Crippen molar-refractivity contribution in [3.63, 3.8) is 0 Å². The fourth-order valence-electron chi connectivity index (χ4n) is 1.56. The van der Waals surface area contributed by atoms with Crippen molar-refractivity contribution in [2.75, 3.05) is 0 Å². The standard InChI is InChI=1S/C6H6N2O10S2/c9-7(10)4-1-2-5(19(13,14)15)6(3-4,8(11)12)20(16,17)18/h1-3,5H,(H,13,14,15)(H,16,17,18). The van der Waals surface area contributed by atoms with Crippen LogP contribution in [0.1, 0.15) is 0 Å². The lowest BCUT2D eigenvalue weighted by Crippen LogP contribution is -2.57. The van der Waals surface area contributed by atoms with Gasteiger partial charge in [-0.15, -0.1) is 0 Å². The number of hydrogen-bond donors (Lipinski definition) is 2. The van der Waals surface area contributed by atoms with E-state index in [9.17, 15) is 37.1 Å². The first-order valence-corrected chi connectivity index (χ1v) is 7.41. The van der Waals surface area contributed by atoms with E-state index >= 15 is 0 Å². The number of nitrogens with zero attached hydrogens (tertiary/aromatic N) is 2. The molecule has 14 heteroatoms. The van der Waals surface area contributed by atoms with E-state index in [4.69, 9.17) is 9.11 Å². The van der Waals surface area contributed by atoms with Gasteiger partial charge in [0, 0.05) is 6.08 Å². The zero-order valence-electron chi connectivity index (χ0n) is 9.18. The third-order valence-corrected chi connectivity index (χ3v) is 5.09. The highest BCUT2D eigenvalue weighted by atomic mass is 32.2. The molecular formula is C6H6N2O10S2. The number of allylic oxidation sites excluding steroid dienone is 1. The minimum absolute atomic E-state index is 0.152. The largest absolute Gasteiger partial charge is 0.390 e. The summed E-state index contributed by atoms with van der Waals surface area (Å²) in [4.78, 5) is 14.7. The van der Waals surface area contributed by atoms with Crippen molar-refractivity contribution < 1.29 is 35.8 Å². The van der Waals surface area contributed by atoms with Crippen LogP contribution in [0.2, 0.25) is 0 Å². The van der Waals surface area contributed by atoms with Crippen LogP contribution >= 0.6 is 0 Å². The van der Waals surface area contributed by atoms with Crippen LogP contribution in [0.15, 0.2) is 23.9 Å². The fourth-order valence-corrected chi connectivity index (χ4v) is 3.98. The summed E-state index contributed by atoms with van der Waals surface area (Å²) in [6.45, 7) is 0. The second kappa shape index (κ2) is 4.58. The van der Waals surface area contributed by atoms with Crippen LogP contribution in [0, 0.1) is 20.2 Å². The van der Waals surface area contributed by atoms with Crippen LogP contribution in [0.25, 0.3) is 0 Å². The van der Waals surface area contributed by atoms with Crippen LogP contribution in [0.3, 0.4) is 0 Å². The van der Waals surface area contributed by atoms with Crippen molar-refractivity contribution in [2.45, 2.75) is 10.1 Å². The smallest absolute Gasteiger partial charge is 0.285 e. The third-order valence-electron chi connectivity index (χ3n) is 2.43. The first-order valence-electron chi connectivity index (χ1n) is 4.47. The molecule has 0 amide bonds. The fraction of sp³-hybridized carbons (Fsp3) is 0.333. The van der Waals surface area contributed by atoms with Gasteiger partial charge in [0.25, 0.3) is 15.8 Å². The van der Waals surface area contributed by atoms with Gasteiger partial charge in [0.2, 0.25) is 0 Å². The maximum Gasteiger partial charge on any atom is 0.390 e. The summed E-state index contributed by atoms with van der Waals surface area (Å²) in [5.74, 6) is 0. The van der Waals surface area contributed by atoms with Crippen molar-refractivity contribution in [1.29, 1.82) is 0 Å². The van der Waals surface area contributed by atoms with Crippen molar-refractivity contribution in [3.8, 4) is 0 Å². The van der Waals surface area contributed by atoms with E-state index in [1.165, 1.54) is 0 Å². The van der Waals surface area contributed by atoms with Crippen LogP contribution in [0.4, 0.5) is 0 Å². The third kappa shape index (κ3) is 2.40. The zero-order valence-corrected chi connectivity index (χ0v) is 10.8. The minimum Gasteiger partial charge on any atom is -0.285 e. The first kappa shape index (κ1) is 16.2. The Hall–Kier alpha value is -1.90. The normalized spacial score (nSPS) is 26.9. The summed E-state index contributed by atoms with van der Waals surface area (Å²) >= 11 is 0. The van der Waals surface area contributed by atoms with Gasteiger partial charge in [0.15, 0.2) is 5.25 Å². The Labute approximate surface area is 111 Å². The molecule has 1 aliphatic carbocycles. The van der Waals surface area contributed by atoms with Gasteiger partial charge >= 0.3 is 15.0 Å². The van der Waals surface area contributed by atoms with Gasteiger partial charge in [0.05, 0.1) is 15.9 Å². The van der Waals surface area contributed by atoms with E-state index in [0.717, 1.165) is 0 Å². The highest BCUT2D eigenvalue weighted by Crippen LogP contribution is 2.34. The molecule has 0 bridgehead atoms. The lowest BCUT2D eigenvalue weighted by atomic mass is 10.1. The summed E-state index contributed by atoms with van der Waals surface area (Å²) in [7, 11) is -11.1. The molecule has 12 nitrogen and oxygen atoms in total. The molecule has 1 aliphatic rings.